The van der Waals surface area contributed by atoms with Crippen LogP contribution < -0.4 is 5.32 Å². The number of hydrogen-bond acceptors (Lipinski definition) is 5. The molecule has 1 N–H and O–H groups in total. The predicted molar refractivity (Wildman–Crippen MR) is 107 cm³/mol. The van der Waals surface area contributed by atoms with Crippen LogP contribution in [0.5, 0.6) is 0 Å². The molecule has 1 aliphatic rings. The van der Waals surface area contributed by atoms with E-state index in [1.807, 2.05) is 23.6 Å². The van der Waals surface area contributed by atoms with Gasteiger partial charge in [-0.1, -0.05) is 23.7 Å². The Labute approximate surface area is 162 Å². The first-order valence-electron chi connectivity index (χ1n) is 8.52. The van der Waals surface area contributed by atoms with E-state index < -0.39 is 0 Å². The number of piperidine rings is 1. The minimum Gasteiger partial charge on any atom is -0.303 e. The summed E-state index contributed by atoms with van der Waals surface area (Å²) >= 11 is 9.45. The van der Waals surface area contributed by atoms with Crippen LogP contribution in [0.1, 0.15) is 19.3 Å². The number of likely N-dealkylation sites (tertiary alicyclic amines) is 1. The van der Waals surface area contributed by atoms with E-state index in [2.05, 4.69) is 21.3 Å². The lowest BCUT2D eigenvalue weighted by molar-refractivity contribution is -0.121. The highest BCUT2D eigenvalue weighted by Gasteiger charge is 2.25. The van der Waals surface area contributed by atoms with Gasteiger partial charge >= 0.3 is 0 Å². The molecule has 1 fully saturated rings. The molecule has 1 aromatic heterocycles. The number of thioether (sulfide) groups is 1. The van der Waals surface area contributed by atoms with Crippen molar-refractivity contribution in [2.75, 3.05) is 30.7 Å². The van der Waals surface area contributed by atoms with Gasteiger partial charge in [0.15, 0.2) is 5.13 Å². The zero-order chi connectivity index (χ0) is 17.5. The van der Waals surface area contributed by atoms with Gasteiger partial charge in [0.25, 0.3) is 0 Å². The fourth-order valence-corrected chi connectivity index (χ4v) is 4.70. The van der Waals surface area contributed by atoms with Crippen LogP contribution in [-0.4, -0.2) is 41.2 Å². The number of carbonyl (C=O) groups is 1. The van der Waals surface area contributed by atoms with Crippen LogP contribution in [0.3, 0.4) is 0 Å². The van der Waals surface area contributed by atoms with Gasteiger partial charge in [-0.05, 0) is 50.2 Å². The predicted octanol–water partition coefficient (Wildman–Crippen LogP) is 4.63. The van der Waals surface area contributed by atoms with Crippen molar-refractivity contribution in [1.82, 2.24) is 9.88 Å². The number of hydrogen-bond donors (Lipinski definition) is 1. The number of aromatic nitrogens is 1. The highest BCUT2D eigenvalue weighted by molar-refractivity contribution is 7.99. The summed E-state index contributed by atoms with van der Waals surface area (Å²) in [5.74, 6) is 1.20. The smallest absolute Gasteiger partial charge is 0.230 e. The zero-order valence-electron chi connectivity index (χ0n) is 14.0. The second kappa shape index (κ2) is 9.57. The van der Waals surface area contributed by atoms with Crippen molar-refractivity contribution in [2.45, 2.75) is 24.2 Å². The molecule has 0 saturated carbocycles. The van der Waals surface area contributed by atoms with E-state index in [0.29, 0.717) is 5.13 Å². The second-order valence-electron chi connectivity index (χ2n) is 6.10. The molecule has 1 aromatic carbocycles. The number of halogens is 1. The molecule has 0 bridgehead atoms. The van der Waals surface area contributed by atoms with Gasteiger partial charge < -0.3 is 10.2 Å². The van der Waals surface area contributed by atoms with E-state index in [1.165, 1.54) is 11.3 Å². The van der Waals surface area contributed by atoms with Crippen LogP contribution in [0.25, 0.3) is 0 Å². The Kier molecular flexibility index (Phi) is 7.16. The summed E-state index contributed by atoms with van der Waals surface area (Å²) in [5.41, 5.74) is 0. The van der Waals surface area contributed by atoms with Gasteiger partial charge in [-0.2, -0.15) is 0 Å². The molecule has 2 heterocycles. The first kappa shape index (κ1) is 18.7. The molecule has 1 saturated heterocycles. The number of thiazole rings is 1. The van der Waals surface area contributed by atoms with Gasteiger partial charge in [0.1, 0.15) is 0 Å². The van der Waals surface area contributed by atoms with Crippen molar-refractivity contribution in [1.29, 1.82) is 0 Å². The molecule has 3 rings (SSSR count). The lowest BCUT2D eigenvalue weighted by Gasteiger charge is -2.31. The highest BCUT2D eigenvalue weighted by Crippen LogP contribution is 2.27. The van der Waals surface area contributed by atoms with E-state index in [0.717, 1.165) is 54.6 Å². The second-order valence-corrected chi connectivity index (χ2v) is 8.54. The highest BCUT2D eigenvalue weighted by atomic mass is 35.5. The van der Waals surface area contributed by atoms with Crippen LogP contribution >= 0.6 is 34.7 Å². The normalized spacial score (nSPS) is 18.2. The van der Waals surface area contributed by atoms with Crippen molar-refractivity contribution in [3.8, 4) is 0 Å². The molecule has 0 spiro atoms. The van der Waals surface area contributed by atoms with Crippen molar-refractivity contribution in [3.05, 3.63) is 40.9 Å². The van der Waals surface area contributed by atoms with Crippen LogP contribution in [0.4, 0.5) is 5.13 Å². The SMILES string of the molecule is O=C(Nc1nccs1)C1CCCN(CCCSc2ccccc2Cl)C1. The van der Waals surface area contributed by atoms with E-state index >= 15 is 0 Å². The minimum absolute atomic E-state index is 0.0638. The molecular weight excluding hydrogens is 374 g/mol. The molecular formula is C18H22ClN3OS2. The first-order valence-corrected chi connectivity index (χ1v) is 10.8. The molecule has 1 atom stereocenters. The Bertz CT molecular complexity index is 681. The maximum Gasteiger partial charge on any atom is 0.230 e. The summed E-state index contributed by atoms with van der Waals surface area (Å²) in [7, 11) is 0. The summed E-state index contributed by atoms with van der Waals surface area (Å²) in [5, 5.41) is 6.32. The molecule has 0 radical (unpaired) electrons. The van der Waals surface area contributed by atoms with Crippen LogP contribution in [0, 0.1) is 5.92 Å². The van der Waals surface area contributed by atoms with Gasteiger partial charge in [0, 0.05) is 23.0 Å². The fourth-order valence-electron chi connectivity index (χ4n) is 3.00. The van der Waals surface area contributed by atoms with Crippen LogP contribution in [0.15, 0.2) is 40.7 Å². The fraction of sp³-hybridized carbons (Fsp3) is 0.444. The molecule has 7 heteroatoms. The van der Waals surface area contributed by atoms with E-state index in [1.54, 1.807) is 18.0 Å². The number of rotatable bonds is 7. The van der Waals surface area contributed by atoms with Crippen molar-refractivity contribution >= 4 is 45.7 Å². The summed E-state index contributed by atoms with van der Waals surface area (Å²) < 4.78 is 0. The van der Waals surface area contributed by atoms with Crippen molar-refractivity contribution < 1.29 is 4.79 Å². The summed E-state index contributed by atoms with van der Waals surface area (Å²) in [6.07, 6.45) is 4.84. The van der Waals surface area contributed by atoms with E-state index in [4.69, 9.17) is 11.6 Å². The molecule has 134 valence electrons. The van der Waals surface area contributed by atoms with E-state index in [-0.39, 0.29) is 11.8 Å². The molecule has 25 heavy (non-hydrogen) atoms. The number of nitrogens with one attached hydrogen (secondary N) is 1. The average molecular weight is 396 g/mol. The van der Waals surface area contributed by atoms with Gasteiger partial charge in [0.05, 0.1) is 10.9 Å². The lowest BCUT2D eigenvalue weighted by Crippen LogP contribution is -2.41. The van der Waals surface area contributed by atoms with Crippen molar-refractivity contribution in [2.24, 2.45) is 5.92 Å². The molecule has 2 aromatic rings. The average Bonchev–Trinajstić information content (AvgIpc) is 3.13. The molecule has 1 amide bonds. The monoisotopic (exact) mass is 395 g/mol. The zero-order valence-corrected chi connectivity index (χ0v) is 16.4. The Morgan fingerprint density at radius 2 is 2.32 bits per heavy atom. The molecule has 1 unspecified atom stereocenters. The Morgan fingerprint density at radius 1 is 1.44 bits per heavy atom. The lowest BCUT2D eigenvalue weighted by atomic mass is 9.97. The Balaban J connectivity index is 1.39. The Morgan fingerprint density at radius 3 is 3.12 bits per heavy atom. The largest absolute Gasteiger partial charge is 0.303 e. The summed E-state index contributed by atoms with van der Waals surface area (Å²) in [6.45, 7) is 2.95. The third-order valence-electron chi connectivity index (χ3n) is 4.25. The molecule has 1 aliphatic heterocycles. The summed E-state index contributed by atoms with van der Waals surface area (Å²) in [6, 6.07) is 7.97. The maximum absolute atomic E-state index is 12.4. The number of anilines is 1. The quantitative estimate of drug-likeness (QED) is 0.548. The van der Waals surface area contributed by atoms with E-state index in [9.17, 15) is 4.79 Å². The standard InChI is InChI=1S/C18H22ClN3OS2/c19-15-6-1-2-7-16(15)24-11-4-10-22-9-3-5-14(13-22)17(23)21-18-20-8-12-25-18/h1-2,6-8,12,14H,3-5,9-11,13H2,(H,20,21,23). The Hall–Kier alpha value is -1.08. The number of carbonyl (C=O) groups excluding carboxylic acids is 1. The van der Waals surface area contributed by atoms with Gasteiger partial charge in [-0.3, -0.25) is 4.79 Å². The number of amides is 1. The van der Waals surface area contributed by atoms with Gasteiger partial charge in [0.2, 0.25) is 5.91 Å². The molecule has 0 aliphatic carbocycles. The topological polar surface area (TPSA) is 45.2 Å². The number of benzene rings is 1. The number of nitrogens with zero attached hydrogens (tertiary/aromatic N) is 2. The summed E-state index contributed by atoms with van der Waals surface area (Å²) in [4.78, 5) is 20.0. The van der Waals surface area contributed by atoms with Gasteiger partial charge in [-0.25, -0.2) is 4.98 Å². The first-order chi connectivity index (χ1) is 12.2. The third-order valence-corrected chi connectivity index (χ3v) is 6.54. The maximum atomic E-state index is 12.4. The van der Waals surface area contributed by atoms with Crippen LogP contribution in [-0.2, 0) is 4.79 Å². The van der Waals surface area contributed by atoms with Crippen LogP contribution in [0.2, 0.25) is 5.02 Å². The van der Waals surface area contributed by atoms with Gasteiger partial charge in [-0.15, -0.1) is 23.1 Å². The third kappa shape index (κ3) is 5.71. The minimum atomic E-state index is 0.0638. The molecule has 4 nitrogen and oxygen atoms in total. The van der Waals surface area contributed by atoms with Crippen molar-refractivity contribution in [3.63, 3.8) is 0 Å².